The molecule has 186 valence electrons. The molecule has 1 aliphatic carbocycles. The normalized spacial score (nSPS) is 29.9. The molecular formula is C23H38N3O5PS. The molecule has 2 N–H and O–H groups in total. The Bertz CT molecular complexity index is 893. The summed E-state index contributed by atoms with van der Waals surface area (Å²) in [5.74, 6) is -1.21. The first-order valence-corrected chi connectivity index (χ1v) is 13.9. The molecule has 8 nitrogen and oxygen atoms in total. The predicted octanol–water partition coefficient (Wildman–Crippen LogP) is 2.19. The highest BCUT2D eigenvalue weighted by Gasteiger charge is 2.61. The van der Waals surface area contributed by atoms with Gasteiger partial charge in [0.2, 0.25) is 21.8 Å². The zero-order valence-corrected chi connectivity index (χ0v) is 21.9. The van der Waals surface area contributed by atoms with Gasteiger partial charge in [-0.25, -0.2) is 8.42 Å². The summed E-state index contributed by atoms with van der Waals surface area (Å²) in [4.78, 5) is 41.3. The van der Waals surface area contributed by atoms with Gasteiger partial charge in [0.05, 0.1) is 23.8 Å². The van der Waals surface area contributed by atoms with Gasteiger partial charge in [-0.05, 0) is 43.4 Å². The van der Waals surface area contributed by atoms with E-state index in [1.165, 1.54) is 0 Å². The van der Waals surface area contributed by atoms with Crippen LogP contribution in [-0.4, -0.2) is 55.8 Å². The molecule has 0 spiro atoms. The van der Waals surface area contributed by atoms with Crippen LogP contribution in [0.1, 0.15) is 52.4 Å². The number of likely N-dealkylation sites (tertiary alicyclic amines) is 1. The molecule has 1 saturated carbocycles. The van der Waals surface area contributed by atoms with Crippen LogP contribution >= 0.6 is 9.39 Å². The Labute approximate surface area is 200 Å². The van der Waals surface area contributed by atoms with Gasteiger partial charge < -0.3 is 4.90 Å². The first kappa shape index (κ1) is 27.7. The zero-order chi connectivity index (χ0) is 25.0. The second-order valence-corrected chi connectivity index (χ2v) is 11.7. The number of Topliss-reactive ketones (excluding diaryl/α,β-unsaturated/α-hetero) is 1. The molecule has 2 fully saturated rings. The second-order valence-electron chi connectivity index (χ2n) is 9.61. The van der Waals surface area contributed by atoms with E-state index in [2.05, 4.69) is 27.6 Å². The number of unbranched alkanes of at least 4 members (excludes halogenated alkanes) is 2. The van der Waals surface area contributed by atoms with Crippen molar-refractivity contribution in [3.63, 3.8) is 0 Å². The fourth-order valence-electron chi connectivity index (χ4n) is 4.87. The molecule has 1 aliphatic heterocycles. The van der Waals surface area contributed by atoms with Crippen LogP contribution in [0.15, 0.2) is 25.3 Å². The second kappa shape index (κ2) is 11.2. The fraction of sp³-hybridized carbons (Fsp3) is 0.696. The minimum atomic E-state index is -3.75. The molecule has 7 atom stereocenters. The van der Waals surface area contributed by atoms with E-state index in [9.17, 15) is 22.8 Å². The van der Waals surface area contributed by atoms with E-state index in [1.807, 2.05) is 24.6 Å². The fourth-order valence-corrected chi connectivity index (χ4v) is 5.72. The quantitative estimate of drug-likeness (QED) is 0.228. The molecule has 33 heavy (non-hydrogen) atoms. The maximum absolute atomic E-state index is 13.5. The highest BCUT2D eigenvalue weighted by atomic mass is 32.2. The van der Waals surface area contributed by atoms with Crippen LogP contribution in [0.25, 0.3) is 0 Å². The number of hydrogen-bond acceptors (Lipinski definition) is 6. The van der Waals surface area contributed by atoms with Gasteiger partial charge in [-0.15, -0.1) is 13.2 Å². The number of carbonyl (C=O) groups is 3. The molecule has 0 aromatic heterocycles. The van der Waals surface area contributed by atoms with E-state index < -0.39 is 33.4 Å². The molecule has 0 aromatic carbocycles. The van der Waals surface area contributed by atoms with Crippen LogP contribution in [0.3, 0.4) is 0 Å². The minimum absolute atomic E-state index is 0.0664. The summed E-state index contributed by atoms with van der Waals surface area (Å²) in [5.41, 5.74) is -1.12. The smallest absolute Gasteiger partial charge is 0.240 e. The van der Waals surface area contributed by atoms with Gasteiger partial charge in [-0.2, -0.15) is 0 Å². The zero-order valence-electron chi connectivity index (χ0n) is 19.9. The number of hydrogen-bond donors (Lipinski definition) is 2. The largest absolute Gasteiger partial charge is 0.331 e. The van der Waals surface area contributed by atoms with E-state index in [0.717, 1.165) is 25.5 Å². The molecule has 0 bridgehead atoms. The Morgan fingerprint density at radius 3 is 2.42 bits per heavy atom. The Hall–Kier alpha value is -1.57. The van der Waals surface area contributed by atoms with Crippen LogP contribution in [0, 0.1) is 23.2 Å². The van der Waals surface area contributed by atoms with Gasteiger partial charge in [-0.3, -0.25) is 24.2 Å². The minimum Gasteiger partial charge on any atom is -0.331 e. The van der Waals surface area contributed by atoms with E-state index in [4.69, 9.17) is 0 Å². The standard InChI is InChI=1S/C23H38N3O5PS/c1-6-8-9-10-11-18(24-32)21(28)26-14-15(3)16(4)20(26)19(27)13-23(12-17(23)7-2)22(29)25-33(5,30)31/h6-7,15-18,20,24H,1-2,8-14,32H2,3-5H3,(H,25,29)/t15-,16?,17+,18-,20-,23+/m0/s1. The lowest BCUT2D eigenvalue weighted by molar-refractivity contribution is -0.141. The summed E-state index contributed by atoms with van der Waals surface area (Å²) < 4.78 is 25.3. The van der Waals surface area contributed by atoms with Crippen molar-refractivity contribution < 1.29 is 22.8 Å². The number of amides is 2. The lowest BCUT2D eigenvalue weighted by atomic mass is 9.86. The first-order chi connectivity index (χ1) is 15.4. The third-order valence-corrected chi connectivity index (χ3v) is 8.08. The van der Waals surface area contributed by atoms with Gasteiger partial charge in [0.1, 0.15) is 0 Å². The molecule has 10 heteroatoms. The third-order valence-electron chi connectivity index (χ3n) is 7.12. The number of nitrogens with one attached hydrogen (secondary N) is 2. The number of rotatable bonds is 13. The molecule has 0 radical (unpaired) electrons. The first-order valence-electron chi connectivity index (χ1n) is 11.5. The molecule has 2 unspecified atom stereocenters. The van der Waals surface area contributed by atoms with Gasteiger partial charge in [0.15, 0.2) is 5.78 Å². The van der Waals surface area contributed by atoms with Gasteiger partial charge in [0, 0.05) is 13.0 Å². The van der Waals surface area contributed by atoms with Crippen LogP contribution < -0.4 is 9.81 Å². The van der Waals surface area contributed by atoms with E-state index in [0.29, 0.717) is 19.4 Å². The van der Waals surface area contributed by atoms with Crippen LogP contribution in [0.5, 0.6) is 0 Å². The van der Waals surface area contributed by atoms with E-state index in [-0.39, 0.29) is 35.9 Å². The highest BCUT2D eigenvalue weighted by Crippen LogP contribution is 2.57. The van der Waals surface area contributed by atoms with Crippen molar-refractivity contribution in [1.29, 1.82) is 0 Å². The van der Waals surface area contributed by atoms with Gasteiger partial charge >= 0.3 is 0 Å². The third kappa shape index (κ3) is 6.52. The number of nitrogens with zero attached hydrogens (tertiary/aromatic N) is 1. The molecule has 1 heterocycles. The van der Waals surface area contributed by atoms with E-state index >= 15 is 0 Å². The Morgan fingerprint density at radius 1 is 1.24 bits per heavy atom. The Morgan fingerprint density at radius 2 is 1.91 bits per heavy atom. The summed E-state index contributed by atoms with van der Waals surface area (Å²) >= 11 is 0. The number of sulfonamides is 1. The Balaban J connectivity index is 2.20. The molecule has 2 amide bonds. The van der Waals surface area contributed by atoms with Gasteiger partial charge in [0.25, 0.3) is 0 Å². The van der Waals surface area contributed by atoms with Gasteiger partial charge in [-0.1, -0.05) is 41.8 Å². The number of carbonyl (C=O) groups excluding carboxylic acids is 3. The SMILES string of the molecule is C=CCCCC[C@H](NP)C(=O)N1C[C@H](C)C(C)[C@H]1C(=O)C[C@]1(C(=O)NS(C)(=O)=O)C[C@H]1C=C. The monoisotopic (exact) mass is 499 g/mol. The molecular weight excluding hydrogens is 461 g/mol. The summed E-state index contributed by atoms with van der Waals surface area (Å²) in [6.07, 6.45) is 7.95. The van der Waals surface area contributed by atoms with Crippen LogP contribution in [0.2, 0.25) is 0 Å². The number of ketones is 1. The molecule has 1 saturated heterocycles. The summed E-state index contributed by atoms with van der Waals surface area (Å²) in [7, 11) is -1.35. The molecule has 2 rings (SSSR count). The summed E-state index contributed by atoms with van der Waals surface area (Å²) in [6, 6.07) is -1.06. The number of allylic oxidation sites excluding steroid dienone is 2. The average molecular weight is 500 g/mol. The van der Waals surface area contributed by atoms with Crippen LogP contribution in [0.4, 0.5) is 0 Å². The summed E-state index contributed by atoms with van der Waals surface area (Å²) in [5, 5.41) is 3.01. The maximum atomic E-state index is 13.5. The molecule has 2 aliphatic rings. The Kier molecular flexibility index (Phi) is 9.42. The molecule has 0 aromatic rings. The van der Waals surface area contributed by atoms with Crippen molar-refractivity contribution in [2.45, 2.75) is 64.5 Å². The summed E-state index contributed by atoms with van der Waals surface area (Å²) in [6.45, 7) is 11.9. The van der Waals surface area contributed by atoms with E-state index in [1.54, 1.807) is 11.0 Å². The van der Waals surface area contributed by atoms with Crippen molar-refractivity contribution >= 4 is 37.0 Å². The van der Waals surface area contributed by atoms with Crippen molar-refractivity contribution in [3.8, 4) is 0 Å². The predicted molar refractivity (Wildman–Crippen MR) is 132 cm³/mol. The van der Waals surface area contributed by atoms with Crippen molar-refractivity contribution in [2.24, 2.45) is 23.2 Å². The highest BCUT2D eigenvalue weighted by molar-refractivity contribution is 7.89. The van der Waals surface area contributed by atoms with Crippen molar-refractivity contribution in [3.05, 3.63) is 25.3 Å². The lowest BCUT2D eigenvalue weighted by Crippen LogP contribution is -2.50. The lowest BCUT2D eigenvalue weighted by Gasteiger charge is -2.30. The van der Waals surface area contributed by atoms with Crippen molar-refractivity contribution in [2.75, 3.05) is 12.8 Å². The average Bonchev–Trinajstić information content (AvgIpc) is 3.37. The van der Waals surface area contributed by atoms with Crippen LogP contribution in [-0.2, 0) is 24.4 Å². The topological polar surface area (TPSA) is 113 Å². The van der Waals surface area contributed by atoms with Crippen molar-refractivity contribution in [1.82, 2.24) is 14.7 Å². The maximum Gasteiger partial charge on any atom is 0.240 e.